The van der Waals surface area contributed by atoms with E-state index < -0.39 is 0 Å². The van der Waals surface area contributed by atoms with Gasteiger partial charge < -0.3 is 10.6 Å². The maximum atomic E-state index is 7.00. The van der Waals surface area contributed by atoms with Gasteiger partial charge in [-0.05, 0) is 0 Å². The average molecular weight is 114 g/mol. The molecule has 3 heteroatoms. The minimum absolute atomic E-state index is 0. The average Bonchev–Trinajstić information content (AvgIpc) is 1.00. The van der Waals surface area contributed by atoms with Gasteiger partial charge in [0, 0.05) is 24.2 Å². The van der Waals surface area contributed by atoms with Crippen LogP contribution in [0.15, 0.2) is 0 Å². The molecule has 0 aromatic heterocycles. The molecule has 2 nitrogen and oxygen atoms in total. The summed E-state index contributed by atoms with van der Waals surface area (Å²) in [5.74, 6) is 0. The second-order valence-corrected chi connectivity index (χ2v) is 0. The molecule has 0 fully saturated rings. The fraction of sp³-hybridized carbons (Fsp3) is 1.00. The number of hydrogen-bond acceptors (Lipinski definition) is 1. The van der Waals surface area contributed by atoms with Gasteiger partial charge in [0.25, 0.3) is 0 Å². The minimum atomic E-state index is 0. The first-order valence-corrected chi connectivity index (χ1v) is 0.447. The zero-order valence-corrected chi connectivity index (χ0v) is 3.19. The summed E-state index contributed by atoms with van der Waals surface area (Å²) in [4.78, 5) is 0. The van der Waals surface area contributed by atoms with Gasteiger partial charge in [0.15, 0.2) is 0 Å². The van der Waals surface area contributed by atoms with Crippen LogP contribution >= 0.6 is 0 Å². The number of rotatable bonds is 0. The predicted molar refractivity (Wildman–Crippen MR) is 11.8 cm³/mol. The Morgan fingerprint density at radius 2 is 1.25 bits per heavy atom. The van der Waals surface area contributed by atoms with E-state index in [0.29, 0.717) is 0 Å². The van der Waals surface area contributed by atoms with E-state index in [2.05, 4.69) is 0 Å². The summed E-state index contributed by atoms with van der Waals surface area (Å²) in [6, 6.07) is 0. The van der Waals surface area contributed by atoms with Crippen molar-refractivity contribution in [3.63, 3.8) is 0 Å². The molecule has 0 spiro atoms. The molecular weight excluding hydrogens is 108 g/mol. The van der Waals surface area contributed by atoms with Crippen molar-refractivity contribution in [1.82, 2.24) is 0 Å². The summed E-state index contributed by atoms with van der Waals surface area (Å²) in [5.41, 5.74) is 0. The van der Waals surface area contributed by atoms with Crippen molar-refractivity contribution in [2.45, 2.75) is 0 Å². The second kappa shape index (κ2) is 106. The van der Waals surface area contributed by atoms with E-state index in [1.165, 1.54) is 0 Å². The van der Waals surface area contributed by atoms with Crippen LogP contribution in [0, 0.1) is 0 Å². The van der Waals surface area contributed by atoms with Crippen LogP contribution in [0.1, 0.15) is 0 Å². The zero-order valence-electron chi connectivity index (χ0n) is 2.25. The van der Waals surface area contributed by atoms with Gasteiger partial charge in [0.2, 0.25) is 0 Å². The SMILES string of the molecule is CO.O.[Cu]. The first-order chi connectivity index (χ1) is 1.00. The summed E-state index contributed by atoms with van der Waals surface area (Å²) in [7, 11) is 1.00. The number of aliphatic hydroxyl groups excluding tert-OH is 1. The monoisotopic (exact) mass is 113 g/mol. The van der Waals surface area contributed by atoms with Gasteiger partial charge in [-0.2, -0.15) is 0 Å². The molecule has 0 atom stereocenters. The third-order valence-electron chi connectivity index (χ3n) is 0. The van der Waals surface area contributed by atoms with E-state index >= 15 is 0 Å². The predicted octanol–water partition coefficient (Wildman–Crippen LogP) is -1.22. The molecule has 0 heterocycles. The molecule has 0 amide bonds. The van der Waals surface area contributed by atoms with Crippen LogP contribution in [-0.2, 0) is 17.1 Å². The normalized spacial score (nSPS) is 1.50. The van der Waals surface area contributed by atoms with Crippen molar-refractivity contribution >= 4 is 0 Å². The van der Waals surface area contributed by atoms with Crippen molar-refractivity contribution in [3.8, 4) is 0 Å². The zero-order chi connectivity index (χ0) is 2.00. The maximum Gasteiger partial charge on any atom is 0.0319 e. The van der Waals surface area contributed by atoms with Crippen LogP contribution in [0.2, 0.25) is 0 Å². The first kappa shape index (κ1) is 25.3. The standard InChI is InChI=1S/CH4O.Cu.H2O/c1-2;;/h2H,1H3;;1H2. The fourth-order valence-corrected chi connectivity index (χ4v) is 0. The summed E-state index contributed by atoms with van der Waals surface area (Å²) in [6.45, 7) is 0. The molecule has 0 aromatic rings. The quantitative estimate of drug-likeness (QED) is 0.394. The largest absolute Gasteiger partial charge is 0.412 e. The summed E-state index contributed by atoms with van der Waals surface area (Å²) in [5, 5.41) is 7.00. The van der Waals surface area contributed by atoms with Gasteiger partial charge in [0.05, 0.1) is 0 Å². The molecule has 0 aromatic carbocycles. The third-order valence-corrected chi connectivity index (χ3v) is 0. The molecule has 0 unspecified atom stereocenters. The van der Waals surface area contributed by atoms with Gasteiger partial charge in [0.1, 0.15) is 0 Å². The van der Waals surface area contributed by atoms with Crippen LogP contribution in [0.25, 0.3) is 0 Å². The van der Waals surface area contributed by atoms with Gasteiger partial charge >= 0.3 is 0 Å². The third kappa shape index (κ3) is 26.2. The Morgan fingerprint density at radius 1 is 1.25 bits per heavy atom. The molecule has 0 rings (SSSR count). The van der Waals surface area contributed by atoms with Gasteiger partial charge in [-0.1, -0.05) is 0 Å². The minimum Gasteiger partial charge on any atom is -0.412 e. The Labute approximate surface area is 35.6 Å². The van der Waals surface area contributed by atoms with E-state index in [4.69, 9.17) is 5.11 Å². The molecular formula is CH6CuO2. The Hall–Kier alpha value is 0.439. The molecule has 3 N–H and O–H groups in total. The molecule has 0 aliphatic rings. The maximum absolute atomic E-state index is 7.00. The van der Waals surface area contributed by atoms with Gasteiger partial charge in [-0.15, -0.1) is 0 Å². The van der Waals surface area contributed by atoms with Crippen LogP contribution in [0.5, 0.6) is 0 Å². The van der Waals surface area contributed by atoms with Crippen molar-refractivity contribution < 1.29 is 27.7 Å². The Kier molecular flexibility index (Phi) is 672. The van der Waals surface area contributed by atoms with E-state index in [9.17, 15) is 0 Å². The van der Waals surface area contributed by atoms with Crippen LogP contribution in [0.3, 0.4) is 0 Å². The van der Waals surface area contributed by atoms with E-state index in [-0.39, 0.29) is 22.5 Å². The number of aliphatic hydroxyl groups is 1. The van der Waals surface area contributed by atoms with Crippen molar-refractivity contribution in [2.24, 2.45) is 0 Å². The van der Waals surface area contributed by atoms with E-state index in [1.807, 2.05) is 0 Å². The number of hydrogen-bond donors (Lipinski definition) is 1. The first-order valence-electron chi connectivity index (χ1n) is 0.447. The van der Waals surface area contributed by atoms with Crippen LogP contribution < -0.4 is 0 Å². The molecule has 0 saturated carbocycles. The van der Waals surface area contributed by atoms with Crippen LogP contribution in [0.4, 0.5) is 0 Å². The Balaban J connectivity index is -0.00000000500. The van der Waals surface area contributed by atoms with E-state index in [0.717, 1.165) is 7.11 Å². The van der Waals surface area contributed by atoms with Gasteiger partial charge in [-0.3, -0.25) is 0 Å². The topological polar surface area (TPSA) is 51.7 Å². The molecule has 33 valence electrons. The van der Waals surface area contributed by atoms with Crippen LogP contribution in [-0.4, -0.2) is 17.7 Å². The smallest absolute Gasteiger partial charge is 0.0319 e. The Morgan fingerprint density at radius 3 is 1.25 bits per heavy atom. The second-order valence-electron chi connectivity index (χ2n) is 0. The molecule has 1 radical (unpaired) electrons. The van der Waals surface area contributed by atoms with Crippen molar-refractivity contribution in [3.05, 3.63) is 0 Å². The van der Waals surface area contributed by atoms with E-state index in [1.54, 1.807) is 0 Å². The fourth-order valence-electron chi connectivity index (χ4n) is 0. The summed E-state index contributed by atoms with van der Waals surface area (Å²) < 4.78 is 0. The molecule has 0 aliphatic carbocycles. The summed E-state index contributed by atoms with van der Waals surface area (Å²) in [6.07, 6.45) is 0. The Bertz CT molecular complexity index is 6.00. The molecule has 0 aliphatic heterocycles. The van der Waals surface area contributed by atoms with Gasteiger partial charge in [-0.25, -0.2) is 0 Å². The molecule has 0 saturated heterocycles. The molecule has 0 bridgehead atoms. The van der Waals surface area contributed by atoms with Crippen molar-refractivity contribution in [2.75, 3.05) is 7.11 Å². The molecule has 4 heavy (non-hydrogen) atoms. The van der Waals surface area contributed by atoms with Crippen molar-refractivity contribution in [1.29, 1.82) is 0 Å². The summed E-state index contributed by atoms with van der Waals surface area (Å²) >= 11 is 0.